The molecule has 0 spiro atoms. The summed E-state index contributed by atoms with van der Waals surface area (Å²) in [5.41, 5.74) is 0. The first-order chi connectivity index (χ1) is 5.71. The molecule has 0 aromatic carbocycles. The van der Waals surface area contributed by atoms with Gasteiger partial charge in [-0.2, -0.15) is 4.31 Å². The Kier molecular flexibility index (Phi) is 2.10. The molecule has 0 bridgehead atoms. The second-order valence-electron chi connectivity index (χ2n) is 3.31. The second-order valence-corrected chi connectivity index (χ2v) is 5.53. The highest BCUT2D eigenvalue weighted by Crippen LogP contribution is 2.30. The Balaban J connectivity index is 2.05. The Morgan fingerprint density at radius 2 is 1.75 bits per heavy atom. The minimum Gasteiger partial charge on any atom is -0.239 e. The fourth-order valence-corrected chi connectivity index (χ4v) is 3.24. The van der Waals surface area contributed by atoms with Crippen molar-refractivity contribution < 1.29 is 8.42 Å². The fourth-order valence-electron chi connectivity index (χ4n) is 1.42. The molecule has 5 heteroatoms. The number of hydrogen-bond donors (Lipinski definition) is 0. The number of hydrogen-bond acceptors (Lipinski definition) is 2. The molecule has 1 aliphatic heterocycles. The van der Waals surface area contributed by atoms with E-state index in [4.69, 9.17) is 0 Å². The molecule has 0 N–H and O–H groups in total. The molecule has 1 aliphatic carbocycles. The van der Waals surface area contributed by atoms with Crippen molar-refractivity contribution in [2.45, 2.75) is 18.1 Å². The lowest BCUT2D eigenvalue weighted by Crippen LogP contribution is -2.45. The number of rotatable bonds is 2. The van der Waals surface area contributed by atoms with Gasteiger partial charge in [0.05, 0.1) is 5.25 Å². The third-order valence-corrected chi connectivity index (χ3v) is 4.72. The average molecular weight is 189 g/mol. The van der Waals surface area contributed by atoms with E-state index in [1.165, 1.54) is 0 Å². The molecule has 1 saturated heterocycles. The van der Waals surface area contributed by atoms with E-state index < -0.39 is 10.0 Å². The van der Waals surface area contributed by atoms with Crippen LogP contribution in [0.3, 0.4) is 0 Å². The van der Waals surface area contributed by atoms with Gasteiger partial charge in [-0.1, -0.05) is 0 Å². The normalized spacial score (nSPS) is 27.3. The number of nitrogens with zero attached hydrogens (tertiary/aromatic N) is 2. The molecule has 1 saturated carbocycles. The maximum absolute atomic E-state index is 11.6. The summed E-state index contributed by atoms with van der Waals surface area (Å²) in [7, 11) is -2.92. The quantitative estimate of drug-likeness (QED) is 0.582. The lowest BCUT2D eigenvalue weighted by molar-refractivity contribution is 0.356. The SMILES string of the molecule is O=S(=O)(C1CC1)N1CC[N]CC1. The van der Waals surface area contributed by atoms with E-state index in [1.54, 1.807) is 4.31 Å². The largest absolute Gasteiger partial charge is 0.239 e. The van der Waals surface area contributed by atoms with Crippen molar-refractivity contribution in [3.63, 3.8) is 0 Å². The topological polar surface area (TPSA) is 51.5 Å². The Morgan fingerprint density at radius 3 is 2.25 bits per heavy atom. The van der Waals surface area contributed by atoms with Crippen molar-refractivity contribution in [1.82, 2.24) is 9.62 Å². The first kappa shape index (κ1) is 8.47. The predicted octanol–water partition coefficient (Wildman–Crippen LogP) is -0.601. The van der Waals surface area contributed by atoms with Crippen molar-refractivity contribution in [1.29, 1.82) is 0 Å². The van der Waals surface area contributed by atoms with Gasteiger partial charge >= 0.3 is 0 Å². The monoisotopic (exact) mass is 189 g/mol. The maximum Gasteiger partial charge on any atom is 0.217 e. The van der Waals surface area contributed by atoms with Crippen molar-refractivity contribution in [2.24, 2.45) is 0 Å². The molecular weight excluding hydrogens is 176 g/mol. The molecule has 69 valence electrons. The Morgan fingerprint density at radius 1 is 1.17 bits per heavy atom. The molecule has 1 radical (unpaired) electrons. The molecule has 4 nitrogen and oxygen atoms in total. The van der Waals surface area contributed by atoms with Gasteiger partial charge in [0.15, 0.2) is 0 Å². The van der Waals surface area contributed by atoms with Gasteiger partial charge in [-0.05, 0) is 12.8 Å². The summed E-state index contributed by atoms with van der Waals surface area (Å²) >= 11 is 0. The van der Waals surface area contributed by atoms with Crippen molar-refractivity contribution >= 4 is 10.0 Å². The van der Waals surface area contributed by atoms with Gasteiger partial charge < -0.3 is 0 Å². The lowest BCUT2D eigenvalue weighted by Gasteiger charge is -2.25. The first-order valence-electron chi connectivity index (χ1n) is 4.33. The smallest absolute Gasteiger partial charge is 0.217 e. The number of piperazine rings is 1. The van der Waals surface area contributed by atoms with Crippen LogP contribution in [0.4, 0.5) is 0 Å². The van der Waals surface area contributed by atoms with Gasteiger partial charge in [-0.15, -0.1) is 0 Å². The van der Waals surface area contributed by atoms with Gasteiger partial charge in [0.25, 0.3) is 0 Å². The standard InChI is InChI=1S/C7H13N2O2S/c10-12(11,7-1-2-7)9-5-3-8-4-6-9/h7H,1-6H2. The predicted molar refractivity (Wildman–Crippen MR) is 45.4 cm³/mol. The van der Waals surface area contributed by atoms with Gasteiger partial charge in [0, 0.05) is 26.2 Å². The summed E-state index contributed by atoms with van der Waals surface area (Å²) in [5.74, 6) is 0. The molecule has 12 heavy (non-hydrogen) atoms. The fraction of sp³-hybridized carbons (Fsp3) is 1.00. The minimum absolute atomic E-state index is 0.0596. The summed E-state index contributed by atoms with van der Waals surface area (Å²) in [5, 5.41) is 4.05. The minimum atomic E-state index is -2.92. The summed E-state index contributed by atoms with van der Waals surface area (Å²) in [6, 6.07) is 0. The van der Waals surface area contributed by atoms with Crippen LogP contribution in [-0.4, -0.2) is 44.2 Å². The van der Waals surface area contributed by atoms with Crippen LogP contribution in [-0.2, 0) is 10.0 Å². The van der Waals surface area contributed by atoms with Crippen LogP contribution >= 0.6 is 0 Å². The molecule has 0 amide bonds. The van der Waals surface area contributed by atoms with Gasteiger partial charge in [0.1, 0.15) is 0 Å². The van der Waals surface area contributed by atoms with Crippen molar-refractivity contribution in [3.05, 3.63) is 0 Å². The van der Waals surface area contributed by atoms with E-state index in [0.29, 0.717) is 26.2 Å². The van der Waals surface area contributed by atoms with E-state index in [1.807, 2.05) is 0 Å². The van der Waals surface area contributed by atoms with Gasteiger partial charge in [0.2, 0.25) is 10.0 Å². The third-order valence-electron chi connectivity index (χ3n) is 2.32. The van der Waals surface area contributed by atoms with Gasteiger partial charge in [-0.25, -0.2) is 13.7 Å². The summed E-state index contributed by atoms with van der Waals surface area (Å²) in [6.07, 6.45) is 1.71. The molecule has 2 fully saturated rings. The molecule has 0 aromatic rings. The highest BCUT2D eigenvalue weighted by atomic mass is 32.2. The zero-order valence-corrected chi connectivity index (χ0v) is 7.76. The summed E-state index contributed by atoms with van der Waals surface area (Å²) in [4.78, 5) is 0. The highest BCUT2D eigenvalue weighted by Gasteiger charge is 2.40. The zero-order valence-electron chi connectivity index (χ0n) is 6.94. The zero-order chi connectivity index (χ0) is 8.60. The molecule has 0 unspecified atom stereocenters. The Hall–Kier alpha value is -0.130. The van der Waals surface area contributed by atoms with Crippen LogP contribution in [0.15, 0.2) is 0 Å². The molecule has 0 atom stereocenters. The Labute approximate surface area is 73.0 Å². The van der Waals surface area contributed by atoms with E-state index >= 15 is 0 Å². The lowest BCUT2D eigenvalue weighted by atomic mass is 10.4. The first-order valence-corrected chi connectivity index (χ1v) is 5.84. The second kappa shape index (κ2) is 2.97. The van der Waals surface area contributed by atoms with Crippen LogP contribution in [0.1, 0.15) is 12.8 Å². The van der Waals surface area contributed by atoms with E-state index in [2.05, 4.69) is 5.32 Å². The molecule has 1 heterocycles. The van der Waals surface area contributed by atoms with E-state index in [0.717, 1.165) is 12.8 Å². The van der Waals surface area contributed by atoms with Crippen LogP contribution < -0.4 is 5.32 Å². The van der Waals surface area contributed by atoms with Crippen LogP contribution in [0.25, 0.3) is 0 Å². The molecule has 2 rings (SSSR count). The molecular formula is C7H13N2O2S. The third kappa shape index (κ3) is 1.48. The van der Waals surface area contributed by atoms with Crippen LogP contribution in [0.5, 0.6) is 0 Å². The summed E-state index contributed by atoms with van der Waals surface area (Å²) < 4.78 is 24.9. The van der Waals surface area contributed by atoms with Crippen molar-refractivity contribution in [2.75, 3.05) is 26.2 Å². The van der Waals surface area contributed by atoms with Gasteiger partial charge in [-0.3, -0.25) is 0 Å². The molecule has 2 aliphatic rings. The highest BCUT2D eigenvalue weighted by molar-refractivity contribution is 7.90. The maximum atomic E-state index is 11.6. The van der Waals surface area contributed by atoms with E-state index in [-0.39, 0.29) is 5.25 Å². The summed E-state index contributed by atoms with van der Waals surface area (Å²) in [6.45, 7) is 2.54. The Bertz CT molecular complexity index is 253. The molecule has 0 aromatic heterocycles. The van der Waals surface area contributed by atoms with Crippen LogP contribution in [0.2, 0.25) is 0 Å². The van der Waals surface area contributed by atoms with Crippen LogP contribution in [0, 0.1) is 0 Å². The number of sulfonamides is 1. The van der Waals surface area contributed by atoms with Crippen molar-refractivity contribution in [3.8, 4) is 0 Å². The van der Waals surface area contributed by atoms with E-state index in [9.17, 15) is 8.42 Å². The average Bonchev–Trinajstić information content (AvgIpc) is 2.88.